The molecule has 5 rings (SSSR count). The van der Waals surface area contributed by atoms with Crippen LogP contribution in [0.5, 0.6) is 0 Å². The maximum atomic E-state index is 8.32. The Bertz CT molecular complexity index is 1120. The van der Waals surface area contributed by atoms with Crippen molar-refractivity contribution in [2.75, 3.05) is 0 Å². The van der Waals surface area contributed by atoms with Gasteiger partial charge >= 0.3 is 216 Å². The number of rotatable bonds is 8. The van der Waals surface area contributed by atoms with Gasteiger partial charge in [0, 0.05) is 0 Å². The molecule has 0 aliphatic heterocycles. The van der Waals surface area contributed by atoms with Gasteiger partial charge in [-0.2, -0.15) is 0 Å². The average molecular weight is 573 g/mol. The van der Waals surface area contributed by atoms with Crippen LogP contribution in [0, 0.1) is 0 Å². The topological polar surface area (TPSA) is 0 Å². The first-order chi connectivity index (χ1) is 16.5. The fraction of sp³-hybridized carbons (Fsp3) is 0.452. The van der Waals surface area contributed by atoms with E-state index in [1.165, 1.54) is 71.9 Å². The Morgan fingerprint density at radius 1 is 0.706 bits per heavy atom. The van der Waals surface area contributed by atoms with Crippen LogP contribution >= 0.6 is 17.0 Å². The van der Waals surface area contributed by atoms with Gasteiger partial charge in [0.2, 0.25) is 0 Å². The van der Waals surface area contributed by atoms with Gasteiger partial charge in [0.15, 0.2) is 0 Å². The molecule has 0 amide bonds. The Balaban J connectivity index is 1.74. The molecule has 2 aromatic rings. The first-order valence-electron chi connectivity index (χ1n) is 13.5. The predicted octanol–water partition coefficient (Wildman–Crippen LogP) is 10.4. The van der Waals surface area contributed by atoms with Crippen LogP contribution in [-0.4, -0.2) is 3.21 Å². The van der Waals surface area contributed by atoms with Crippen LogP contribution in [0.3, 0.4) is 0 Å². The van der Waals surface area contributed by atoms with Gasteiger partial charge < -0.3 is 0 Å². The summed E-state index contributed by atoms with van der Waals surface area (Å²) < 4.78 is 1.88. The van der Waals surface area contributed by atoms with Gasteiger partial charge in [-0.1, -0.05) is 0 Å². The zero-order valence-corrected chi connectivity index (χ0v) is 24.7. The number of halogens is 2. The molecule has 0 spiro atoms. The molecule has 0 heterocycles. The third-order valence-electron chi connectivity index (χ3n) is 8.64. The van der Waals surface area contributed by atoms with Crippen LogP contribution in [0.2, 0.25) is 0 Å². The molecular weight excluding hydrogens is 534 g/mol. The van der Waals surface area contributed by atoms with E-state index in [4.69, 9.17) is 17.0 Å². The average Bonchev–Trinajstić information content (AvgIpc) is 3.60. The van der Waals surface area contributed by atoms with Crippen molar-refractivity contribution in [3.63, 3.8) is 0 Å². The number of fused-ring (bicyclic) bond motifs is 2. The molecule has 0 nitrogen and oxygen atoms in total. The van der Waals surface area contributed by atoms with Crippen LogP contribution in [-0.2, 0) is 15.9 Å². The Morgan fingerprint density at radius 2 is 1.15 bits per heavy atom. The third-order valence-corrected chi connectivity index (χ3v) is 29.9. The molecular formula is C31H38Cl2Zr. The van der Waals surface area contributed by atoms with Crippen molar-refractivity contribution in [1.82, 2.24) is 0 Å². The summed E-state index contributed by atoms with van der Waals surface area (Å²) in [6.45, 7) is 4.55. The van der Waals surface area contributed by atoms with Gasteiger partial charge in [-0.25, -0.2) is 0 Å². The molecule has 0 saturated heterocycles. The fourth-order valence-electron chi connectivity index (χ4n) is 6.84. The summed E-state index contributed by atoms with van der Waals surface area (Å²) in [5.74, 6) is 0. The van der Waals surface area contributed by atoms with Crippen molar-refractivity contribution in [1.29, 1.82) is 0 Å². The second-order valence-electron chi connectivity index (χ2n) is 10.7. The fourth-order valence-corrected chi connectivity index (χ4v) is 26.2. The quantitative estimate of drug-likeness (QED) is 0.295. The van der Waals surface area contributed by atoms with Gasteiger partial charge in [0.25, 0.3) is 0 Å². The van der Waals surface area contributed by atoms with E-state index in [1.54, 1.807) is 3.21 Å². The van der Waals surface area contributed by atoms with Gasteiger partial charge in [0.05, 0.1) is 0 Å². The molecule has 1 saturated carbocycles. The van der Waals surface area contributed by atoms with Gasteiger partial charge in [0.1, 0.15) is 0 Å². The molecule has 34 heavy (non-hydrogen) atoms. The normalized spacial score (nSPS) is 22.0. The molecule has 0 N–H and O–H groups in total. The van der Waals surface area contributed by atoms with Gasteiger partial charge in [-0.05, 0) is 0 Å². The van der Waals surface area contributed by atoms with Crippen molar-refractivity contribution in [3.05, 3.63) is 82.9 Å². The zero-order chi connectivity index (χ0) is 23.8. The molecule has 0 aromatic heterocycles. The number of hydrogen-bond acceptors (Lipinski definition) is 0. The van der Waals surface area contributed by atoms with Crippen LogP contribution in [0.4, 0.5) is 0 Å². The summed E-state index contributed by atoms with van der Waals surface area (Å²) in [6, 6.07) is 18.0. The molecule has 3 aliphatic rings. The summed E-state index contributed by atoms with van der Waals surface area (Å²) in [6.07, 6.45) is 16.9. The summed E-state index contributed by atoms with van der Waals surface area (Å²) in [5, 5.41) is 0. The zero-order valence-electron chi connectivity index (χ0n) is 20.8. The van der Waals surface area contributed by atoms with E-state index < -0.39 is 15.9 Å². The van der Waals surface area contributed by atoms with E-state index in [0.717, 1.165) is 25.7 Å². The number of hydrogen-bond donors (Lipinski definition) is 0. The number of benzene rings is 2. The SMILES string of the molecule is CCCCC1=C[CH]([Zr]([Cl])([Cl])(=[C]2CCCC2)[CH]2C=C(CCCC)c3ccccc32)c2ccccc21. The van der Waals surface area contributed by atoms with E-state index in [1.807, 2.05) is 0 Å². The van der Waals surface area contributed by atoms with Crippen LogP contribution in [0.1, 0.15) is 108 Å². The minimum absolute atomic E-state index is 0.167. The van der Waals surface area contributed by atoms with E-state index in [-0.39, 0.29) is 7.25 Å². The van der Waals surface area contributed by atoms with Crippen LogP contribution in [0.25, 0.3) is 11.1 Å². The Kier molecular flexibility index (Phi) is 7.30. The van der Waals surface area contributed by atoms with Crippen molar-refractivity contribution < 1.29 is 15.9 Å². The van der Waals surface area contributed by atoms with Crippen molar-refractivity contribution in [3.8, 4) is 0 Å². The standard InChI is InChI=1S/2C13H15.C5H8.2ClH.Zr/c2*1-2-3-6-11-9-10-12-7-4-5-8-13(11)12;1-2-4-5-3-1;;;/h2*4-5,7-10H,2-3,6H2,1H3;1-4H2;2*1H;/q;;;;;+2/p-2. The third kappa shape index (κ3) is 4.03. The summed E-state index contributed by atoms with van der Waals surface area (Å²) >= 11 is -4.64. The van der Waals surface area contributed by atoms with E-state index in [9.17, 15) is 0 Å². The van der Waals surface area contributed by atoms with Crippen molar-refractivity contribution in [2.45, 2.75) is 85.3 Å². The second kappa shape index (κ2) is 9.96. The molecule has 180 valence electrons. The molecule has 1 fully saturated rings. The second-order valence-corrected chi connectivity index (χ2v) is 31.9. The maximum absolute atomic E-state index is 8.32. The number of unbranched alkanes of at least 4 members (excludes halogenated alkanes) is 2. The number of allylic oxidation sites excluding steroid dienone is 4. The van der Waals surface area contributed by atoms with Crippen molar-refractivity contribution in [2.24, 2.45) is 0 Å². The molecule has 3 heteroatoms. The van der Waals surface area contributed by atoms with Gasteiger partial charge in [-0.3, -0.25) is 0 Å². The molecule has 2 atom stereocenters. The molecule has 3 aliphatic carbocycles. The van der Waals surface area contributed by atoms with Crippen LogP contribution in [0.15, 0.2) is 60.7 Å². The minimum atomic E-state index is -4.64. The van der Waals surface area contributed by atoms with E-state index >= 15 is 0 Å². The predicted molar refractivity (Wildman–Crippen MR) is 149 cm³/mol. The molecule has 2 aromatic carbocycles. The summed E-state index contributed by atoms with van der Waals surface area (Å²) in [4.78, 5) is 0. The Hall–Kier alpha value is -0.747. The summed E-state index contributed by atoms with van der Waals surface area (Å²) in [7, 11) is 16.6. The first kappa shape index (κ1) is 24.9. The van der Waals surface area contributed by atoms with E-state index in [2.05, 4.69) is 74.5 Å². The Morgan fingerprint density at radius 3 is 1.59 bits per heavy atom. The molecule has 0 bridgehead atoms. The van der Waals surface area contributed by atoms with Gasteiger partial charge in [-0.15, -0.1) is 0 Å². The summed E-state index contributed by atoms with van der Waals surface area (Å²) in [5.41, 5.74) is 8.56. The van der Waals surface area contributed by atoms with Crippen LogP contribution < -0.4 is 0 Å². The monoisotopic (exact) mass is 570 g/mol. The molecule has 2 unspecified atom stereocenters. The molecule has 0 radical (unpaired) electrons. The van der Waals surface area contributed by atoms with E-state index in [0.29, 0.717) is 0 Å². The Labute approximate surface area is 214 Å². The first-order valence-corrected chi connectivity index (χ1v) is 23.9. The van der Waals surface area contributed by atoms with Crippen molar-refractivity contribution >= 4 is 31.4 Å².